The Morgan fingerprint density at radius 2 is 1.88 bits per heavy atom. The van der Waals surface area contributed by atoms with Crippen molar-refractivity contribution in [1.82, 2.24) is 4.90 Å². The molecule has 138 valence electrons. The highest BCUT2D eigenvalue weighted by Gasteiger charge is 2.30. The number of carbonyl (C=O) groups is 2. The molecule has 0 N–H and O–H groups in total. The highest BCUT2D eigenvalue weighted by molar-refractivity contribution is 5.70. The third kappa shape index (κ3) is 6.77. The summed E-state index contributed by atoms with van der Waals surface area (Å²) in [4.78, 5) is 26.2. The van der Waals surface area contributed by atoms with Gasteiger partial charge in [-0.25, -0.2) is 4.79 Å². The van der Waals surface area contributed by atoms with Crippen LogP contribution in [0.5, 0.6) is 0 Å². The molecule has 0 radical (unpaired) electrons. The van der Waals surface area contributed by atoms with Crippen molar-refractivity contribution >= 4 is 12.1 Å². The highest BCUT2D eigenvalue weighted by atomic mass is 16.6. The lowest BCUT2D eigenvalue weighted by Crippen LogP contribution is -2.46. The second-order valence-electron chi connectivity index (χ2n) is 7.51. The smallest absolute Gasteiger partial charge is 0.410 e. The number of nitrogens with zero attached hydrogens (tertiary/aromatic N) is 1. The zero-order valence-electron chi connectivity index (χ0n) is 15.5. The first-order valence-electron chi connectivity index (χ1n) is 9.04. The van der Waals surface area contributed by atoms with E-state index in [9.17, 15) is 9.59 Å². The fourth-order valence-corrected chi connectivity index (χ4v) is 2.96. The fraction of sp³-hybridized carbons (Fsp3) is 0.600. The molecular weight excluding hydrogens is 318 g/mol. The van der Waals surface area contributed by atoms with E-state index >= 15 is 0 Å². The van der Waals surface area contributed by atoms with Gasteiger partial charge in [-0.1, -0.05) is 30.3 Å². The van der Waals surface area contributed by atoms with E-state index in [-0.39, 0.29) is 18.1 Å². The molecule has 1 fully saturated rings. The Kier molecular flexibility index (Phi) is 6.85. The van der Waals surface area contributed by atoms with Crippen molar-refractivity contribution in [2.75, 3.05) is 6.54 Å². The number of benzene rings is 1. The van der Waals surface area contributed by atoms with Crippen molar-refractivity contribution in [2.45, 2.75) is 71.1 Å². The standard InChI is InChI=1S/C20H29NO4/c1-20(2,3)25-19(23)21-14-8-7-11-17(21)12-13-18(22)24-15-16-9-5-4-6-10-16/h4-6,9-10,17H,7-8,11-15H2,1-3H3/t17-/m1/s1. The zero-order chi connectivity index (χ0) is 18.3. The van der Waals surface area contributed by atoms with Crippen molar-refractivity contribution in [1.29, 1.82) is 0 Å². The quantitative estimate of drug-likeness (QED) is 0.745. The molecule has 0 saturated carbocycles. The summed E-state index contributed by atoms with van der Waals surface area (Å²) in [5.41, 5.74) is 0.470. The molecular formula is C20H29NO4. The van der Waals surface area contributed by atoms with E-state index in [1.54, 1.807) is 4.90 Å². The first-order valence-corrected chi connectivity index (χ1v) is 9.04. The maximum Gasteiger partial charge on any atom is 0.410 e. The molecule has 5 nitrogen and oxygen atoms in total. The highest BCUT2D eigenvalue weighted by Crippen LogP contribution is 2.23. The van der Waals surface area contributed by atoms with Gasteiger partial charge in [0.15, 0.2) is 0 Å². The van der Waals surface area contributed by atoms with Gasteiger partial charge in [0.25, 0.3) is 0 Å². The van der Waals surface area contributed by atoms with E-state index in [0.29, 0.717) is 26.0 Å². The Morgan fingerprint density at radius 1 is 1.16 bits per heavy atom. The topological polar surface area (TPSA) is 55.8 Å². The molecule has 0 aliphatic carbocycles. The van der Waals surface area contributed by atoms with Crippen molar-refractivity contribution in [3.8, 4) is 0 Å². The summed E-state index contributed by atoms with van der Waals surface area (Å²) in [6.07, 6.45) is 3.61. The van der Waals surface area contributed by atoms with Crippen molar-refractivity contribution in [3.05, 3.63) is 35.9 Å². The largest absolute Gasteiger partial charge is 0.461 e. The molecule has 1 aliphatic rings. The summed E-state index contributed by atoms with van der Waals surface area (Å²) < 4.78 is 10.8. The van der Waals surface area contributed by atoms with Crippen LogP contribution in [0.25, 0.3) is 0 Å². The monoisotopic (exact) mass is 347 g/mol. The van der Waals surface area contributed by atoms with Gasteiger partial charge in [0.1, 0.15) is 12.2 Å². The minimum atomic E-state index is -0.506. The minimum Gasteiger partial charge on any atom is -0.461 e. The molecule has 1 atom stereocenters. The molecule has 1 aromatic carbocycles. The zero-order valence-corrected chi connectivity index (χ0v) is 15.5. The van der Waals surface area contributed by atoms with Gasteiger partial charge >= 0.3 is 12.1 Å². The van der Waals surface area contributed by atoms with E-state index in [2.05, 4.69) is 0 Å². The molecule has 1 amide bonds. The number of ether oxygens (including phenoxy) is 2. The lowest BCUT2D eigenvalue weighted by molar-refractivity contribution is -0.145. The van der Waals surface area contributed by atoms with Crippen LogP contribution in [0.4, 0.5) is 4.79 Å². The Hall–Kier alpha value is -2.04. The second kappa shape index (κ2) is 8.88. The Labute approximate surface area is 150 Å². The van der Waals surface area contributed by atoms with Crippen LogP contribution in [0.2, 0.25) is 0 Å². The van der Waals surface area contributed by atoms with Crippen LogP contribution >= 0.6 is 0 Å². The van der Waals surface area contributed by atoms with Crippen molar-refractivity contribution in [3.63, 3.8) is 0 Å². The van der Waals surface area contributed by atoms with Crippen molar-refractivity contribution < 1.29 is 19.1 Å². The van der Waals surface area contributed by atoms with E-state index < -0.39 is 5.60 Å². The lowest BCUT2D eigenvalue weighted by atomic mass is 9.98. The molecule has 2 rings (SSSR count). The summed E-state index contributed by atoms with van der Waals surface area (Å²) in [6, 6.07) is 9.68. The van der Waals surface area contributed by atoms with Crippen LogP contribution in [0, 0.1) is 0 Å². The van der Waals surface area contributed by atoms with Crippen LogP contribution in [0.3, 0.4) is 0 Å². The normalized spacial score (nSPS) is 17.9. The Morgan fingerprint density at radius 3 is 2.56 bits per heavy atom. The molecule has 25 heavy (non-hydrogen) atoms. The third-order valence-corrected chi connectivity index (χ3v) is 4.18. The van der Waals surface area contributed by atoms with Gasteiger partial charge in [-0.15, -0.1) is 0 Å². The number of piperidine rings is 1. The lowest BCUT2D eigenvalue weighted by Gasteiger charge is -2.36. The predicted octanol–water partition coefficient (Wildman–Crippen LogP) is 4.30. The summed E-state index contributed by atoms with van der Waals surface area (Å²) >= 11 is 0. The van der Waals surface area contributed by atoms with Crippen LogP contribution in [-0.4, -0.2) is 35.2 Å². The molecule has 1 saturated heterocycles. The third-order valence-electron chi connectivity index (χ3n) is 4.18. The summed E-state index contributed by atoms with van der Waals surface area (Å²) in [5, 5.41) is 0. The number of esters is 1. The maximum atomic E-state index is 12.4. The SMILES string of the molecule is CC(C)(C)OC(=O)N1CCCC[C@@H]1CCC(=O)OCc1ccccc1. The summed E-state index contributed by atoms with van der Waals surface area (Å²) in [6.45, 7) is 6.58. The predicted molar refractivity (Wildman–Crippen MR) is 96.1 cm³/mol. The number of likely N-dealkylation sites (tertiary alicyclic amines) is 1. The molecule has 0 spiro atoms. The van der Waals surface area contributed by atoms with Gasteiger partial charge in [-0.05, 0) is 52.0 Å². The number of hydrogen-bond acceptors (Lipinski definition) is 4. The van der Waals surface area contributed by atoms with Crippen molar-refractivity contribution in [2.24, 2.45) is 0 Å². The van der Waals surface area contributed by atoms with Crippen LogP contribution in [-0.2, 0) is 20.9 Å². The number of amides is 1. The fourth-order valence-electron chi connectivity index (χ4n) is 2.96. The summed E-state index contributed by atoms with van der Waals surface area (Å²) in [7, 11) is 0. The number of carbonyl (C=O) groups excluding carboxylic acids is 2. The molecule has 5 heteroatoms. The van der Waals surface area contributed by atoms with Gasteiger partial charge < -0.3 is 14.4 Å². The van der Waals surface area contributed by atoms with Crippen LogP contribution < -0.4 is 0 Å². The molecule has 0 aromatic heterocycles. The van der Waals surface area contributed by atoms with E-state index in [4.69, 9.17) is 9.47 Å². The molecule has 1 heterocycles. The molecule has 1 aliphatic heterocycles. The number of hydrogen-bond donors (Lipinski definition) is 0. The average Bonchev–Trinajstić information content (AvgIpc) is 2.58. The Balaban J connectivity index is 1.80. The van der Waals surface area contributed by atoms with Crippen LogP contribution in [0.1, 0.15) is 58.4 Å². The van der Waals surface area contributed by atoms with Gasteiger partial charge in [-0.2, -0.15) is 0 Å². The van der Waals surface area contributed by atoms with Gasteiger partial charge in [-0.3, -0.25) is 4.79 Å². The molecule has 0 bridgehead atoms. The number of rotatable bonds is 5. The molecule has 0 unspecified atom stereocenters. The van der Waals surface area contributed by atoms with Gasteiger partial charge in [0.05, 0.1) is 0 Å². The Bertz CT molecular complexity index is 565. The first kappa shape index (κ1) is 19.3. The van der Waals surface area contributed by atoms with E-state index in [1.165, 1.54) is 0 Å². The van der Waals surface area contributed by atoms with Gasteiger partial charge in [0, 0.05) is 19.0 Å². The summed E-state index contributed by atoms with van der Waals surface area (Å²) in [5.74, 6) is -0.224. The minimum absolute atomic E-state index is 0.0490. The maximum absolute atomic E-state index is 12.4. The van der Waals surface area contributed by atoms with E-state index in [0.717, 1.165) is 24.8 Å². The van der Waals surface area contributed by atoms with E-state index in [1.807, 2.05) is 51.1 Å². The second-order valence-corrected chi connectivity index (χ2v) is 7.51. The van der Waals surface area contributed by atoms with Gasteiger partial charge in [0.2, 0.25) is 0 Å². The first-order chi connectivity index (χ1) is 11.8. The molecule has 1 aromatic rings. The average molecular weight is 347 g/mol. The van der Waals surface area contributed by atoms with Crippen LogP contribution in [0.15, 0.2) is 30.3 Å².